The van der Waals surface area contributed by atoms with E-state index >= 15 is 0 Å². The van der Waals surface area contributed by atoms with Gasteiger partial charge in [-0.25, -0.2) is 0 Å². The highest BCUT2D eigenvalue weighted by Crippen LogP contribution is 2.76. The number of aliphatic hydroxyl groups excluding tert-OH is 6. The molecule has 0 bridgehead atoms. The number of fused-ring (bicyclic) bond motifs is 7. The smallest absolute Gasteiger partial charge is 0.315 e. The van der Waals surface area contributed by atoms with Crippen LogP contribution in [0.4, 0.5) is 0 Å². The predicted octanol–water partition coefficient (Wildman–Crippen LogP) is 2.62. The maximum atomic E-state index is 14.4. The third kappa shape index (κ3) is 4.77. The number of carbonyl (C=O) groups excluding carboxylic acids is 2. The zero-order valence-electron chi connectivity index (χ0n) is 29.5. The van der Waals surface area contributed by atoms with Crippen LogP contribution in [0.1, 0.15) is 98.8 Å². The van der Waals surface area contributed by atoms with Gasteiger partial charge < -0.3 is 44.8 Å². The number of ether oxygens (including phenoxy) is 3. The lowest BCUT2D eigenvalue weighted by Gasteiger charge is -2.71. The van der Waals surface area contributed by atoms with Gasteiger partial charge >= 0.3 is 11.9 Å². The molecule has 0 aromatic heterocycles. The zero-order valence-corrected chi connectivity index (χ0v) is 29.5. The Kier molecular flexibility index (Phi) is 9.04. The fourth-order valence-electron chi connectivity index (χ4n) is 12.2. The van der Waals surface area contributed by atoms with E-state index in [1.54, 1.807) is 0 Å². The van der Waals surface area contributed by atoms with Crippen LogP contribution in [-0.2, 0) is 23.8 Å². The van der Waals surface area contributed by atoms with Gasteiger partial charge in [-0.1, -0.05) is 39.3 Å². The minimum absolute atomic E-state index is 0.0145. The molecule has 11 heteroatoms. The Morgan fingerprint density at radius 3 is 2.19 bits per heavy atom. The Morgan fingerprint density at radius 2 is 1.54 bits per heavy atom. The third-order valence-electron chi connectivity index (χ3n) is 15.6. The van der Waals surface area contributed by atoms with Gasteiger partial charge in [0.05, 0.1) is 30.7 Å². The number of carbonyl (C=O) groups is 2. The monoisotopic (exact) mass is 678 g/mol. The second-order valence-corrected chi connectivity index (χ2v) is 17.6. The summed E-state index contributed by atoms with van der Waals surface area (Å²) in [4.78, 5) is 27.7. The van der Waals surface area contributed by atoms with E-state index in [-0.39, 0.29) is 46.6 Å². The van der Waals surface area contributed by atoms with Crippen molar-refractivity contribution in [2.75, 3.05) is 20.3 Å². The van der Waals surface area contributed by atoms with E-state index in [1.807, 2.05) is 6.92 Å². The number of methoxy groups -OCH3 is 1. The van der Waals surface area contributed by atoms with Gasteiger partial charge in [-0.15, -0.1) is 0 Å². The van der Waals surface area contributed by atoms with Crippen LogP contribution in [-0.4, -0.2) is 99.7 Å². The molecule has 0 spiro atoms. The average molecular weight is 679 g/mol. The van der Waals surface area contributed by atoms with Crippen LogP contribution >= 0.6 is 0 Å². The molecular formula is C37H58O11. The van der Waals surface area contributed by atoms with E-state index < -0.39 is 65.6 Å². The number of allylic oxidation sites excluding steroid dienone is 2. The minimum atomic E-state index is -1.68. The van der Waals surface area contributed by atoms with Gasteiger partial charge in [-0.2, -0.15) is 0 Å². The number of hydrogen-bond acceptors (Lipinski definition) is 11. The van der Waals surface area contributed by atoms with E-state index in [0.29, 0.717) is 32.1 Å². The van der Waals surface area contributed by atoms with Crippen molar-refractivity contribution in [2.45, 2.75) is 136 Å². The minimum Gasteiger partial charge on any atom is -0.469 e. The normalized spacial score (nSPS) is 53.2. The lowest BCUT2D eigenvalue weighted by Crippen LogP contribution is -2.67. The first kappa shape index (κ1) is 36.2. The fourth-order valence-corrected chi connectivity index (χ4v) is 12.2. The molecule has 0 amide bonds. The first-order valence-electron chi connectivity index (χ1n) is 18.0. The Labute approximate surface area is 284 Å². The topological polar surface area (TPSA) is 183 Å². The molecule has 0 aromatic carbocycles. The SMILES string of the molecule is COC(=O)[C@@]1(C)[C@@H]2CC[C@]3(C)[C@H](CC=C4[C@@H]5C[C@](C)(CO)CC[C@]5(C(=O)O[C@@H]5O[C@H](CO)[C@@H](O)[C@H](O)[C@H]5O)CC[C@]43C)[C@@]2(C)CC[C@@H]1O. The Morgan fingerprint density at radius 1 is 0.854 bits per heavy atom. The van der Waals surface area contributed by atoms with E-state index in [9.17, 15) is 40.2 Å². The van der Waals surface area contributed by atoms with Crippen LogP contribution in [0.3, 0.4) is 0 Å². The van der Waals surface area contributed by atoms with E-state index in [4.69, 9.17) is 14.2 Å². The highest BCUT2D eigenvalue weighted by Gasteiger charge is 2.71. The molecular weight excluding hydrogens is 620 g/mol. The highest BCUT2D eigenvalue weighted by molar-refractivity contribution is 5.79. The lowest BCUT2D eigenvalue weighted by molar-refractivity contribution is -0.297. The molecule has 11 nitrogen and oxygen atoms in total. The van der Waals surface area contributed by atoms with Crippen molar-refractivity contribution in [1.29, 1.82) is 0 Å². The van der Waals surface area contributed by atoms with Crippen LogP contribution in [0, 0.1) is 50.2 Å². The molecule has 1 saturated heterocycles. The standard InChI is InChI=1S/C37H58O11/c1-32(19-39)13-15-37(31(45)48-29-28(43)27(42)26(41)22(18-38)47-29)16-14-34(3)20(21(37)17-32)7-8-23-33(2)11-10-25(40)36(5,30(44)46-6)24(33)9-12-35(23,34)4/h7,21-29,38-43H,8-19H2,1-6H3/t21-,22+,23+,24+,25-,26+,27-,28+,29-,32+,33+,34+,35+,36-,37-/m0/s1. The van der Waals surface area contributed by atoms with Crippen molar-refractivity contribution in [1.82, 2.24) is 0 Å². The van der Waals surface area contributed by atoms with Crippen molar-refractivity contribution >= 4 is 11.9 Å². The molecule has 4 saturated carbocycles. The molecule has 0 aromatic rings. The third-order valence-corrected chi connectivity index (χ3v) is 15.6. The molecule has 5 fully saturated rings. The number of rotatable bonds is 5. The molecule has 1 aliphatic heterocycles. The van der Waals surface area contributed by atoms with Gasteiger partial charge in [0.25, 0.3) is 0 Å². The largest absolute Gasteiger partial charge is 0.469 e. The van der Waals surface area contributed by atoms with E-state index in [0.717, 1.165) is 32.1 Å². The van der Waals surface area contributed by atoms with Crippen molar-refractivity contribution < 1.29 is 54.4 Å². The van der Waals surface area contributed by atoms with Gasteiger partial charge in [0.2, 0.25) is 6.29 Å². The molecule has 0 unspecified atom stereocenters. The summed E-state index contributed by atoms with van der Waals surface area (Å²) in [6.07, 6.45) is 0.614. The van der Waals surface area contributed by atoms with Gasteiger partial charge in [-0.3, -0.25) is 9.59 Å². The summed E-state index contributed by atoms with van der Waals surface area (Å²) in [5.74, 6) is -0.926. The van der Waals surface area contributed by atoms with Crippen molar-refractivity contribution in [3.63, 3.8) is 0 Å². The Balaban J connectivity index is 1.37. The first-order valence-corrected chi connectivity index (χ1v) is 18.0. The van der Waals surface area contributed by atoms with Crippen molar-refractivity contribution in [3.05, 3.63) is 11.6 Å². The maximum absolute atomic E-state index is 14.4. The second kappa shape index (κ2) is 12.0. The first-order chi connectivity index (χ1) is 22.4. The number of aliphatic hydroxyl groups is 6. The van der Waals surface area contributed by atoms with Gasteiger partial charge in [0.1, 0.15) is 24.4 Å². The maximum Gasteiger partial charge on any atom is 0.315 e. The van der Waals surface area contributed by atoms with Gasteiger partial charge in [0.15, 0.2) is 0 Å². The van der Waals surface area contributed by atoms with Crippen LogP contribution in [0.2, 0.25) is 0 Å². The van der Waals surface area contributed by atoms with Crippen LogP contribution < -0.4 is 0 Å². The van der Waals surface area contributed by atoms with Gasteiger partial charge in [0, 0.05) is 6.61 Å². The molecule has 5 aliphatic carbocycles. The summed E-state index contributed by atoms with van der Waals surface area (Å²) >= 11 is 0. The predicted molar refractivity (Wildman–Crippen MR) is 173 cm³/mol. The molecule has 272 valence electrons. The molecule has 0 radical (unpaired) electrons. The molecule has 6 aliphatic rings. The van der Waals surface area contributed by atoms with E-state index in [2.05, 4.69) is 33.8 Å². The van der Waals surface area contributed by atoms with Crippen LogP contribution in [0.25, 0.3) is 0 Å². The lowest BCUT2D eigenvalue weighted by atomic mass is 9.33. The molecule has 1 heterocycles. The summed E-state index contributed by atoms with van der Waals surface area (Å²) in [5.41, 5.74) is -1.79. The zero-order chi connectivity index (χ0) is 35.2. The fraction of sp³-hybridized carbons (Fsp3) is 0.892. The summed E-state index contributed by atoms with van der Waals surface area (Å²) in [5, 5.41) is 62.8. The molecule has 15 atom stereocenters. The van der Waals surface area contributed by atoms with Gasteiger partial charge in [-0.05, 0) is 111 Å². The summed E-state index contributed by atoms with van der Waals surface area (Å²) < 4.78 is 16.8. The number of hydrogen-bond donors (Lipinski definition) is 6. The quantitative estimate of drug-likeness (QED) is 0.186. The average Bonchev–Trinajstić information content (AvgIpc) is 3.06. The second-order valence-electron chi connectivity index (χ2n) is 17.6. The Hall–Kier alpha value is -1.60. The van der Waals surface area contributed by atoms with Crippen LogP contribution in [0.5, 0.6) is 0 Å². The Bertz CT molecular complexity index is 1320. The highest BCUT2D eigenvalue weighted by atomic mass is 16.7. The number of esters is 2. The van der Waals surface area contributed by atoms with Crippen molar-refractivity contribution in [3.8, 4) is 0 Å². The van der Waals surface area contributed by atoms with Crippen LogP contribution in [0.15, 0.2) is 11.6 Å². The molecule has 48 heavy (non-hydrogen) atoms. The summed E-state index contributed by atoms with van der Waals surface area (Å²) in [6, 6.07) is 0. The molecule has 6 rings (SSSR count). The summed E-state index contributed by atoms with van der Waals surface area (Å²) in [6.45, 7) is 10.3. The van der Waals surface area contributed by atoms with Crippen molar-refractivity contribution in [2.24, 2.45) is 50.2 Å². The molecule has 6 N–H and O–H groups in total. The summed E-state index contributed by atoms with van der Waals surface area (Å²) in [7, 11) is 1.40. The van der Waals surface area contributed by atoms with E-state index in [1.165, 1.54) is 12.7 Å².